The number of anilines is 1. The molecule has 3 aromatic heterocycles. The van der Waals surface area contributed by atoms with E-state index < -0.39 is 0 Å². The van der Waals surface area contributed by atoms with Gasteiger partial charge in [0.2, 0.25) is 11.7 Å². The van der Waals surface area contributed by atoms with Crippen LogP contribution in [0.5, 0.6) is 0 Å². The van der Waals surface area contributed by atoms with Gasteiger partial charge in [-0.1, -0.05) is 30.3 Å². The average Bonchev–Trinajstić information content (AvgIpc) is 3.35. The number of rotatable bonds is 6. The van der Waals surface area contributed by atoms with E-state index in [-0.39, 0.29) is 17.9 Å². The number of nitrogens with zero attached hydrogens (tertiary/aromatic N) is 5. The van der Waals surface area contributed by atoms with Gasteiger partial charge in [-0.05, 0) is 27.2 Å². The highest BCUT2D eigenvalue weighted by molar-refractivity contribution is 7.13. The zero-order chi connectivity index (χ0) is 21.3. The van der Waals surface area contributed by atoms with Gasteiger partial charge in [0.1, 0.15) is 0 Å². The van der Waals surface area contributed by atoms with E-state index in [1.165, 1.54) is 15.9 Å². The first-order valence-electron chi connectivity index (χ1n) is 9.74. The molecule has 0 unspecified atom stereocenters. The number of amides is 1. The van der Waals surface area contributed by atoms with E-state index in [2.05, 4.69) is 20.4 Å². The normalized spacial score (nSPS) is 11.2. The van der Waals surface area contributed by atoms with Gasteiger partial charge in [-0.2, -0.15) is 9.50 Å². The van der Waals surface area contributed by atoms with Crippen molar-refractivity contribution in [3.8, 4) is 11.4 Å². The van der Waals surface area contributed by atoms with Crippen LogP contribution < -0.4 is 10.9 Å². The number of nitrogens with one attached hydrogen (secondary N) is 1. The second-order valence-corrected chi connectivity index (χ2v) is 7.83. The number of hydrogen-bond acceptors (Lipinski definition) is 6. The predicted molar refractivity (Wildman–Crippen MR) is 117 cm³/mol. The number of carbonyl (C=O) groups excluding carboxylic acids is 1. The van der Waals surface area contributed by atoms with Gasteiger partial charge in [0.25, 0.3) is 5.56 Å². The number of fused-ring (bicyclic) bond motifs is 1. The molecule has 1 aromatic carbocycles. The van der Waals surface area contributed by atoms with Crippen LogP contribution in [0.25, 0.3) is 17.2 Å². The molecule has 0 aliphatic rings. The summed E-state index contributed by atoms with van der Waals surface area (Å²) in [6, 6.07) is 9.56. The fourth-order valence-corrected chi connectivity index (χ4v) is 4.12. The first-order chi connectivity index (χ1) is 14.5. The average molecular weight is 423 g/mol. The zero-order valence-corrected chi connectivity index (χ0v) is 17.9. The van der Waals surface area contributed by atoms with Crippen LogP contribution in [-0.4, -0.2) is 30.1 Å². The van der Waals surface area contributed by atoms with Crippen molar-refractivity contribution in [1.82, 2.24) is 24.1 Å². The Morgan fingerprint density at radius 2 is 1.93 bits per heavy atom. The third-order valence-corrected chi connectivity index (χ3v) is 5.81. The lowest BCUT2D eigenvalue weighted by atomic mass is 10.1. The summed E-state index contributed by atoms with van der Waals surface area (Å²) in [6.07, 6.45) is 0.501. The van der Waals surface area contributed by atoms with Crippen molar-refractivity contribution in [1.29, 1.82) is 0 Å². The Morgan fingerprint density at radius 3 is 2.60 bits per heavy atom. The Hall–Kier alpha value is -3.33. The van der Waals surface area contributed by atoms with E-state index in [1.54, 1.807) is 0 Å². The Balaban J connectivity index is 1.66. The molecule has 0 aliphatic heterocycles. The molecule has 3 heterocycles. The summed E-state index contributed by atoms with van der Waals surface area (Å²) in [7, 11) is 0. The van der Waals surface area contributed by atoms with E-state index in [0.29, 0.717) is 35.3 Å². The third-order valence-electron chi connectivity index (χ3n) is 4.94. The lowest BCUT2D eigenvalue weighted by molar-refractivity contribution is -0.116. The summed E-state index contributed by atoms with van der Waals surface area (Å²) in [6.45, 7) is 6.40. The van der Waals surface area contributed by atoms with E-state index in [0.717, 1.165) is 17.0 Å². The minimum atomic E-state index is -0.236. The maximum atomic E-state index is 13.1. The summed E-state index contributed by atoms with van der Waals surface area (Å²) < 4.78 is 3.30. The Labute approximate surface area is 177 Å². The monoisotopic (exact) mass is 422 g/mol. The van der Waals surface area contributed by atoms with Gasteiger partial charge < -0.3 is 9.88 Å². The zero-order valence-electron chi connectivity index (χ0n) is 17.0. The molecule has 4 rings (SSSR count). The van der Waals surface area contributed by atoms with Gasteiger partial charge in [-0.25, -0.2) is 4.98 Å². The molecular formula is C21H22N6O2S. The summed E-state index contributed by atoms with van der Waals surface area (Å²) in [5.41, 5.74) is 2.85. The summed E-state index contributed by atoms with van der Waals surface area (Å²) in [4.78, 5) is 34.3. The predicted octanol–water partition coefficient (Wildman–Crippen LogP) is 3.22. The van der Waals surface area contributed by atoms with Crippen molar-refractivity contribution in [3.63, 3.8) is 0 Å². The molecule has 0 spiro atoms. The highest BCUT2D eigenvalue weighted by atomic mass is 32.1. The summed E-state index contributed by atoms with van der Waals surface area (Å²) in [5, 5.41) is 9.69. The van der Waals surface area contributed by atoms with Crippen molar-refractivity contribution >= 4 is 28.2 Å². The fraction of sp³-hybridized carbons (Fsp3) is 0.286. The summed E-state index contributed by atoms with van der Waals surface area (Å²) in [5.74, 6) is 0.837. The van der Waals surface area contributed by atoms with Gasteiger partial charge in [-0.15, -0.1) is 16.4 Å². The molecule has 0 atom stereocenters. The maximum absolute atomic E-state index is 13.1. The van der Waals surface area contributed by atoms with Crippen molar-refractivity contribution in [2.75, 3.05) is 5.32 Å². The van der Waals surface area contributed by atoms with Crippen LogP contribution in [0.4, 0.5) is 5.13 Å². The molecule has 0 fully saturated rings. The molecule has 30 heavy (non-hydrogen) atoms. The lowest BCUT2D eigenvalue weighted by Crippen LogP contribution is -2.27. The molecule has 8 nitrogen and oxygen atoms in total. The smallest absolute Gasteiger partial charge is 0.279 e. The summed E-state index contributed by atoms with van der Waals surface area (Å²) >= 11 is 1.38. The topological polar surface area (TPSA) is 94.2 Å². The largest absolute Gasteiger partial charge is 0.314 e. The van der Waals surface area contributed by atoms with Gasteiger partial charge >= 0.3 is 0 Å². The van der Waals surface area contributed by atoms with E-state index in [1.807, 2.05) is 61.1 Å². The molecule has 154 valence electrons. The molecule has 0 saturated carbocycles. The Kier molecular flexibility index (Phi) is 5.45. The van der Waals surface area contributed by atoms with Gasteiger partial charge in [0, 0.05) is 35.2 Å². The molecule has 1 amide bonds. The van der Waals surface area contributed by atoms with Gasteiger partial charge in [-0.3, -0.25) is 9.59 Å². The standard InChI is InChI=1S/C21H22N6O2S/c1-4-26-14(3)16(10-11-17(28)23-20-22-13(2)12-30-20)19(29)27-21(26)24-18(25-27)15-8-6-5-7-9-15/h5-9,12H,4,10-11H2,1-3H3,(H,22,23,28). The number of carbonyl (C=O) groups is 1. The maximum Gasteiger partial charge on any atom is 0.279 e. The van der Waals surface area contributed by atoms with E-state index in [9.17, 15) is 9.59 Å². The highest BCUT2D eigenvalue weighted by Gasteiger charge is 2.18. The quantitative estimate of drug-likeness (QED) is 0.515. The molecule has 0 aliphatic carbocycles. The number of thiazole rings is 1. The number of aromatic nitrogens is 5. The second kappa shape index (κ2) is 8.19. The number of hydrogen-bond donors (Lipinski definition) is 1. The van der Waals surface area contributed by atoms with Crippen molar-refractivity contribution in [2.24, 2.45) is 0 Å². The lowest BCUT2D eigenvalue weighted by Gasteiger charge is -2.13. The van der Waals surface area contributed by atoms with Crippen LogP contribution in [0.15, 0.2) is 40.5 Å². The minimum absolute atomic E-state index is 0.171. The van der Waals surface area contributed by atoms with Crippen molar-refractivity contribution in [2.45, 2.75) is 40.2 Å². The SMILES string of the molecule is CCn1c(C)c(CCC(=O)Nc2nc(C)cs2)c(=O)n2nc(-c3ccccc3)nc12. The van der Waals surface area contributed by atoms with Crippen molar-refractivity contribution < 1.29 is 4.79 Å². The Morgan fingerprint density at radius 1 is 1.17 bits per heavy atom. The van der Waals surface area contributed by atoms with Crippen LogP contribution in [0.3, 0.4) is 0 Å². The van der Waals surface area contributed by atoms with Gasteiger partial charge in [0.05, 0.1) is 5.69 Å². The molecule has 4 aromatic rings. The highest BCUT2D eigenvalue weighted by Crippen LogP contribution is 2.18. The van der Waals surface area contributed by atoms with Crippen LogP contribution in [0.2, 0.25) is 0 Å². The molecule has 0 bridgehead atoms. The van der Waals surface area contributed by atoms with Crippen LogP contribution in [0.1, 0.15) is 30.3 Å². The van der Waals surface area contributed by atoms with E-state index >= 15 is 0 Å². The first-order valence-corrected chi connectivity index (χ1v) is 10.6. The van der Waals surface area contributed by atoms with Crippen molar-refractivity contribution in [3.05, 3.63) is 63.0 Å². The fourth-order valence-electron chi connectivity index (χ4n) is 3.42. The second-order valence-electron chi connectivity index (χ2n) is 6.97. The van der Waals surface area contributed by atoms with Gasteiger partial charge in [0.15, 0.2) is 11.0 Å². The van der Waals surface area contributed by atoms with Crippen LogP contribution >= 0.6 is 11.3 Å². The van der Waals surface area contributed by atoms with Crippen LogP contribution in [-0.2, 0) is 17.8 Å². The molecule has 0 saturated heterocycles. The number of aryl methyl sites for hydroxylation is 2. The van der Waals surface area contributed by atoms with E-state index in [4.69, 9.17) is 0 Å². The molecule has 1 N–H and O–H groups in total. The molecule has 9 heteroatoms. The minimum Gasteiger partial charge on any atom is -0.314 e. The Bertz CT molecular complexity index is 1270. The number of benzene rings is 1. The first kappa shape index (κ1) is 20.0. The molecule has 0 radical (unpaired) electrons. The third kappa shape index (κ3) is 3.76. The molecular weight excluding hydrogens is 400 g/mol. The van der Waals surface area contributed by atoms with Crippen LogP contribution in [0, 0.1) is 13.8 Å².